The molecule has 0 bridgehead atoms. The van der Waals surface area contributed by atoms with Gasteiger partial charge in [0.25, 0.3) is 5.91 Å². The Bertz CT molecular complexity index is 856. The average molecular weight is 325 g/mol. The van der Waals surface area contributed by atoms with Crippen molar-refractivity contribution in [2.24, 2.45) is 0 Å². The standard InChI is InChI=1S/C17H15N3O4/c21-15(19-23-12-13-7-3-1-4-8-13)11-20-17(22)24-16(18-20)14-9-5-2-6-10-14/h1-10H,11-12H2,(H,19,21). The van der Waals surface area contributed by atoms with E-state index in [-0.39, 0.29) is 19.0 Å². The Morgan fingerprint density at radius 3 is 2.46 bits per heavy atom. The fraction of sp³-hybridized carbons (Fsp3) is 0.118. The summed E-state index contributed by atoms with van der Waals surface area (Å²) in [6.07, 6.45) is 0. The van der Waals surface area contributed by atoms with Crippen LogP contribution in [0.1, 0.15) is 5.56 Å². The van der Waals surface area contributed by atoms with Gasteiger partial charge < -0.3 is 4.42 Å². The van der Waals surface area contributed by atoms with Crippen LogP contribution in [-0.4, -0.2) is 15.7 Å². The van der Waals surface area contributed by atoms with Gasteiger partial charge in [0.2, 0.25) is 5.89 Å². The summed E-state index contributed by atoms with van der Waals surface area (Å²) >= 11 is 0. The van der Waals surface area contributed by atoms with E-state index in [0.29, 0.717) is 5.56 Å². The molecule has 0 saturated carbocycles. The van der Waals surface area contributed by atoms with Crippen molar-refractivity contribution in [3.63, 3.8) is 0 Å². The van der Waals surface area contributed by atoms with Crippen molar-refractivity contribution in [3.8, 4) is 11.5 Å². The summed E-state index contributed by atoms with van der Waals surface area (Å²) in [6.45, 7) is -0.0560. The molecule has 0 fully saturated rings. The number of carbonyl (C=O) groups is 1. The first-order valence-electron chi connectivity index (χ1n) is 7.30. The lowest BCUT2D eigenvalue weighted by Crippen LogP contribution is -2.31. The first-order valence-corrected chi connectivity index (χ1v) is 7.30. The van der Waals surface area contributed by atoms with Crippen molar-refractivity contribution in [1.82, 2.24) is 15.3 Å². The number of hydrogen-bond acceptors (Lipinski definition) is 5. The van der Waals surface area contributed by atoms with Gasteiger partial charge in [-0.15, -0.1) is 5.10 Å². The number of aromatic nitrogens is 2. The lowest BCUT2D eigenvalue weighted by atomic mass is 10.2. The molecular weight excluding hydrogens is 310 g/mol. The molecule has 1 aromatic heterocycles. The maximum Gasteiger partial charge on any atom is 0.437 e. The zero-order valence-corrected chi connectivity index (χ0v) is 12.7. The summed E-state index contributed by atoms with van der Waals surface area (Å²) in [5.41, 5.74) is 3.86. The van der Waals surface area contributed by atoms with Crippen LogP contribution in [-0.2, 0) is 22.8 Å². The molecule has 24 heavy (non-hydrogen) atoms. The predicted molar refractivity (Wildman–Crippen MR) is 85.6 cm³/mol. The highest BCUT2D eigenvalue weighted by Crippen LogP contribution is 2.13. The van der Waals surface area contributed by atoms with E-state index in [4.69, 9.17) is 9.25 Å². The highest BCUT2D eigenvalue weighted by Gasteiger charge is 2.13. The van der Waals surface area contributed by atoms with Crippen molar-refractivity contribution in [3.05, 3.63) is 76.8 Å². The molecule has 122 valence electrons. The minimum Gasteiger partial charge on any atom is -0.388 e. The molecule has 7 nitrogen and oxygen atoms in total. The molecule has 3 rings (SSSR count). The third-order valence-corrected chi connectivity index (χ3v) is 3.19. The number of nitrogens with one attached hydrogen (secondary N) is 1. The van der Waals surface area contributed by atoms with Gasteiger partial charge in [-0.1, -0.05) is 48.5 Å². The van der Waals surface area contributed by atoms with E-state index >= 15 is 0 Å². The largest absolute Gasteiger partial charge is 0.437 e. The van der Waals surface area contributed by atoms with Crippen LogP contribution < -0.4 is 11.2 Å². The van der Waals surface area contributed by atoms with Crippen molar-refractivity contribution in [1.29, 1.82) is 0 Å². The van der Waals surface area contributed by atoms with Crippen molar-refractivity contribution in [2.75, 3.05) is 0 Å². The maximum absolute atomic E-state index is 11.8. The SMILES string of the molecule is O=C(Cn1nc(-c2ccccc2)oc1=O)NOCc1ccccc1. The van der Waals surface area contributed by atoms with Gasteiger partial charge in [0.05, 0.1) is 6.61 Å². The number of carbonyl (C=O) groups excluding carboxylic acids is 1. The molecule has 0 atom stereocenters. The normalized spacial score (nSPS) is 10.5. The molecule has 1 heterocycles. The fourth-order valence-electron chi connectivity index (χ4n) is 2.05. The topological polar surface area (TPSA) is 86.4 Å². The smallest absolute Gasteiger partial charge is 0.388 e. The third kappa shape index (κ3) is 3.96. The van der Waals surface area contributed by atoms with Crippen LogP contribution in [0.5, 0.6) is 0 Å². The summed E-state index contributed by atoms with van der Waals surface area (Å²) in [5, 5.41) is 4.01. The average Bonchev–Trinajstić information content (AvgIpc) is 2.97. The number of nitrogens with zero attached hydrogens (tertiary/aromatic N) is 2. The minimum absolute atomic E-state index is 0.165. The van der Waals surface area contributed by atoms with Crippen LogP contribution in [0, 0.1) is 0 Å². The molecule has 3 aromatic rings. The molecule has 0 aliphatic heterocycles. The monoisotopic (exact) mass is 325 g/mol. The molecule has 1 N–H and O–H groups in total. The Balaban J connectivity index is 1.57. The second kappa shape index (κ2) is 7.38. The van der Waals surface area contributed by atoms with Crippen LogP contribution in [0.3, 0.4) is 0 Å². The molecule has 0 saturated heterocycles. The second-order valence-corrected chi connectivity index (χ2v) is 5.00. The number of benzene rings is 2. The van der Waals surface area contributed by atoms with E-state index in [2.05, 4.69) is 10.6 Å². The first-order chi connectivity index (χ1) is 11.7. The van der Waals surface area contributed by atoms with E-state index in [1.165, 1.54) is 0 Å². The molecule has 0 unspecified atom stereocenters. The number of rotatable bonds is 6. The van der Waals surface area contributed by atoms with Crippen LogP contribution >= 0.6 is 0 Å². The zero-order chi connectivity index (χ0) is 16.8. The minimum atomic E-state index is -0.702. The Labute approximate surface area is 137 Å². The van der Waals surface area contributed by atoms with Crippen molar-refractivity contribution in [2.45, 2.75) is 13.2 Å². The summed E-state index contributed by atoms with van der Waals surface area (Å²) in [5.74, 6) is -1.04. The number of amides is 1. The molecule has 1 amide bonds. The Hall–Kier alpha value is -3.19. The van der Waals surface area contributed by atoms with E-state index in [1.54, 1.807) is 24.3 Å². The zero-order valence-electron chi connectivity index (χ0n) is 12.7. The molecule has 0 aliphatic rings. The number of hydroxylamine groups is 1. The summed E-state index contributed by atoms with van der Waals surface area (Å²) in [7, 11) is 0. The Morgan fingerprint density at radius 1 is 1.08 bits per heavy atom. The van der Waals surface area contributed by atoms with Crippen molar-refractivity contribution < 1.29 is 14.0 Å². The molecule has 0 aliphatic carbocycles. The fourth-order valence-corrected chi connectivity index (χ4v) is 2.05. The van der Waals surface area contributed by atoms with Crippen LogP contribution in [0.15, 0.2) is 69.9 Å². The Kier molecular flexibility index (Phi) is 4.83. The molecule has 0 radical (unpaired) electrons. The second-order valence-electron chi connectivity index (χ2n) is 5.00. The summed E-state index contributed by atoms with van der Waals surface area (Å²) < 4.78 is 6.00. The predicted octanol–water partition coefficient (Wildman–Crippen LogP) is 1.75. The lowest BCUT2D eigenvalue weighted by molar-refractivity contribution is -0.135. The Morgan fingerprint density at radius 2 is 1.75 bits per heavy atom. The first kappa shape index (κ1) is 15.7. The van der Waals surface area contributed by atoms with Crippen LogP contribution in [0.2, 0.25) is 0 Å². The van der Waals surface area contributed by atoms with Gasteiger partial charge in [0.1, 0.15) is 6.54 Å². The van der Waals surface area contributed by atoms with Gasteiger partial charge in [0, 0.05) is 5.56 Å². The molecular formula is C17H15N3O4. The summed E-state index contributed by atoms with van der Waals surface area (Å²) in [6, 6.07) is 18.4. The van der Waals surface area contributed by atoms with E-state index < -0.39 is 11.7 Å². The third-order valence-electron chi connectivity index (χ3n) is 3.19. The molecule has 0 spiro atoms. The van der Waals surface area contributed by atoms with E-state index in [0.717, 1.165) is 10.2 Å². The van der Waals surface area contributed by atoms with Gasteiger partial charge in [0.15, 0.2) is 0 Å². The molecule has 2 aromatic carbocycles. The van der Waals surface area contributed by atoms with Crippen molar-refractivity contribution >= 4 is 5.91 Å². The van der Waals surface area contributed by atoms with Gasteiger partial charge >= 0.3 is 5.76 Å². The lowest BCUT2D eigenvalue weighted by Gasteiger charge is -2.05. The quantitative estimate of drug-likeness (QED) is 0.698. The molecule has 7 heteroatoms. The summed E-state index contributed by atoms with van der Waals surface area (Å²) in [4.78, 5) is 28.7. The highest BCUT2D eigenvalue weighted by molar-refractivity contribution is 5.74. The van der Waals surface area contributed by atoms with E-state index in [9.17, 15) is 9.59 Å². The van der Waals surface area contributed by atoms with Crippen LogP contribution in [0.25, 0.3) is 11.5 Å². The van der Waals surface area contributed by atoms with Gasteiger partial charge in [-0.2, -0.15) is 4.68 Å². The van der Waals surface area contributed by atoms with Gasteiger partial charge in [-0.05, 0) is 17.7 Å². The number of hydrogen-bond donors (Lipinski definition) is 1. The van der Waals surface area contributed by atoms with Crippen LogP contribution in [0.4, 0.5) is 0 Å². The van der Waals surface area contributed by atoms with Gasteiger partial charge in [-0.3, -0.25) is 9.63 Å². The van der Waals surface area contributed by atoms with Gasteiger partial charge in [-0.25, -0.2) is 10.3 Å². The maximum atomic E-state index is 11.8. The van der Waals surface area contributed by atoms with E-state index in [1.807, 2.05) is 36.4 Å². The highest BCUT2D eigenvalue weighted by atomic mass is 16.6.